The fourth-order valence-corrected chi connectivity index (χ4v) is 1.36. The van der Waals surface area contributed by atoms with E-state index in [0.717, 1.165) is 11.3 Å². The zero-order valence-corrected chi connectivity index (χ0v) is 9.95. The molecule has 0 heterocycles. The molecule has 15 heavy (non-hydrogen) atoms. The lowest BCUT2D eigenvalue weighted by atomic mass is 9.86. The van der Waals surface area contributed by atoms with Crippen molar-refractivity contribution in [2.24, 2.45) is 5.92 Å². The highest BCUT2D eigenvalue weighted by molar-refractivity contribution is 5.28. The van der Waals surface area contributed by atoms with Crippen LogP contribution in [0.1, 0.15) is 26.3 Å². The molecule has 0 radical (unpaired) electrons. The van der Waals surface area contributed by atoms with Gasteiger partial charge >= 0.3 is 0 Å². The van der Waals surface area contributed by atoms with Crippen LogP contribution in [0.2, 0.25) is 0 Å². The van der Waals surface area contributed by atoms with E-state index in [9.17, 15) is 5.11 Å². The third-order valence-corrected chi connectivity index (χ3v) is 2.96. The highest BCUT2D eigenvalue weighted by Crippen LogP contribution is 2.22. The first-order valence-electron chi connectivity index (χ1n) is 5.31. The van der Waals surface area contributed by atoms with Crippen LogP contribution in [0, 0.1) is 5.92 Å². The zero-order valence-electron chi connectivity index (χ0n) is 9.95. The quantitative estimate of drug-likeness (QED) is 0.824. The highest BCUT2D eigenvalue weighted by atomic mass is 16.5. The minimum Gasteiger partial charge on any atom is -0.497 e. The Morgan fingerprint density at radius 1 is 1.27 bits per heavy atom. The van der Waals surface area contributed by atoms with Crippen LogP contribution in [0.15, 0.2) is 24.3 Å². The van der Waals surface area contributed by atoms with Gasteiger partial charge in [-0.15, -0.1) is 0 Å². The monoisotopic (exact) mass is 208 g/mol. The number of hydrogen-bond donors (Lipinski definition) is 1. The molecule has 0 saturated heterocycles. The molecule has 1 atom stereocenters. The Morgan fingerprint density at radius 3 is 2.20 bits per heavy atom. The lowest BCUT2D eigenvalue weighted by Crippen LogP contribution is -2.33. The fourth-order valence-electron chi connectivity index (χ4n) is 1.36. The Kier molecular flexibility index (Phi) is 3.75. The van der Waals surface area contributed by atoms with Gasteiger partial charge in [0.1, 0.15) is 5.75 Å². The Morgan fingerprint density at radius 2 is 1.80 bits per heavy atom. The van der Waals surface area contributed by atoms with Crippen LogP contribution in [0.25, 0.3) is 0 Å². The van der Waals surface area contributed by atoms with Gasteiger partial charge < -0.3 is 9.84 Å². The van der Waals surface area contributed by atoms with Gasteiger partial charge in [0, 0.05) is 6.42 Å². The molecular formula is C13H20O2. The number of methoxy groups -OCH3 is 1. The van der Waals surface area contributed by atoms with Crippen molar-refractivity contribution in [1.82, 2.24) is 0 Å². The molecule has 0 bridgehead atoms. The second kappa shape index (κ2) is 4.67. The van der Waals surface area contributed by atoms with Crippen LogP contribution < -0.4 is 4.74 Å². The van der Waals surface area contributed by atoms with E-state index in [0.29, 0.717) is 6.42 Å². The molecule has 2 nitrogen and oxygen atoms in total. The summed E-state index contributed by atoms with van der Waals surface area (Å²) in [6.07, 6.45) is 0.675. The number of benzene rings is 1. The minimum absolute atomic E-state index is 0.250. The second-order valence-corrected chi connectivity index (χ2v) is 4.54. The minimum atomic E-state index is -0.644. The second-order valence-electron chi connectivity index (χ2n) is 4.54. The predicted octanol–water partition coefficient (Wildman–Crippen LogP) is 2.64. The van der Waals surface area contributed by atoms with Gasteiger partial charge in [0.25, 0.3) is 0 Å². The molecule has 2 heteroatoms. The van der Waals surface area contributed by atoms with E-state index >= 15 is 0 Å². The average molecular weight is 208 g/mol. The van der Waals surface area contributed by atoms with Crippen LogP contribution in [0.4, 0.5) is 0 Å². The van der Waals surface area contributed by atoms with Crippen LogP contribution in [0.5, 0.6) is 5.75 Å². The van der Waals surface area contributed by atoms with E-state index in [4.69, 9.17) is 4.74 Å². The SMILES string of the molecule is COc1ccc(CC(C)(O)C(C)C)cc1. The Balaban J connectivity index is 2.73. The number of rotatable bonds is 4. The lowest BCUT2D eigenvalue weighted by molar-refractivity contribution is 0.0139. The fraction of sp³-hybridized carbons (Fsp3) is 0.538. The van der Waals surface area contributed by atoms with Crippen LogP contribution in [-0.4, -0.2) is 17.8 Å². The van der Waals surface area contributed by atoms with Crippen molar-refractivity contribution in [2.45, 2.75) is 32.8 Å². The number of aliphatic hydroxyl groups is 1. The molecule has 1 rings (SSSR count). The van der Waals surface area contributed by atoms with Gasteiger partial charge in [-0.1, -0.05) is 26.0 Å². The largest absolute Gasteiger partial charge is 0.497 e. The van der Waals surface area contributed by atoms with E-state index in [1.54, 1.807) is 7.11 Å². The summed E-state index contributed by atoms with van der Waals surface area (Å²) in [6.45, 7) is 5.94. The first-order chi connectivity index (χ1) is 6.95. The van der Waals surface area contributed by atoms with Crippen LogP contribution in [0.3, 0.4) is 0 Å². The molecule has 1 aromatic rings. The summed E-state index contributed by atoms with van der Waals surface area (Å²) in [5, 5.41) is 10.1. The summed E-state index contributed by atoms with van der Waals surface area (Å²) in [5.74, 6) is 1.10. The van der Waals surface area contributed by atoms with Crippen molar-refractivity contribution in [3.8, 4) is 5.75 Å². The first-order valence-corrected chi connectivity index (χ1v) is 5.31. The highest BCUT2D eigenvalue weighted by Gasteiger charge is 2.24. The van der Waals surface area contributed by atoms with E-state index < -0.39 is 5.60 Å². The van der Waals surface area contributed by atoms with E-state index in [2.05, 4.69) is 0 Å². The molecule has 84 valence electrons. The summed E-state index contributed by atoms with van der Waals surface area (Å²) < 4.78 is 5.08. The van der Waals surface area contributed by atoms with E-state index in [1.807, 2.05) is 45.0 Å². The first kappa shape index (κ1) is 12.1. The molecule has 0 fully saturated rings. The van der Waals surface area contributed by atoms with Gasteiger partial charge in [0.2, 0.25) is 0 Å². The molecular weight excluding hydrogens is 188 g/mol. The van der Waals surface area contributed by atoms with Crippen molar-refractivity contribution in [2.75, 3.05) is 7.11 Å². The number of hydrogen-bond acceptors (Lipinski definition) is 2. The molecule has 1 unspecified atom stereocenters. The van der Waals surface area contributed by atoms with Gasteiger partial charge in [-0.2, -0.15) is 0 Å². The predicted molar refractivity (Wildman–Crippen MR) is 62.2 cm³/mol. The summed E-state index contributed by atoms with van der Waals surface area (Å²) in [7, 11) is 1.65. The normalized spacial score (nSPS) is 15.1. The summed E-state index contributed by atoms with van der Waals surface area (Å²) in [5.41, 5.74) is 0.490. The molecule has 0 amide bonds. The summed E-state index contributed by atoms with van der Waals surface area (Å²) in [6, 6.07) is 7.84. The molecule has 0 aliphatic heterocycles. The zero-order chi connectivity index (χ0) is 11.5. The topological polar surface area (TPSA) is 29.5 Å². The van der Waals surface area contributed by atoms with Gasteiger partial charge in [-0.3, -0.25) is 0 Å². The van der Waals surface area contributed by atoms with Gasteiger partial charge in [0.05, 0.1) is 12.7 Å². The third kappa shape index (κ3) is 3.24. The maximum absolute atomic E-state index is 10.1. The third-order valence-electron chi connectivity index (χ3n) is 2.96. The Labute approximate surface area is 91.9 Å². The van der Waals surface area contributed by atoms with E-state index in [-0.39, 0.29) is 5.92 Å². The Bertz CT molecular complexity index is 299. The van der Waals surface area contributed by atoms with Gasteiger partial charge in [0.15, 0.2) is 0 Å². The molecule has 1 N–H and O–H groups in total. The molecule has 0 spiro atoms. The van der Waals surface area contributed by atoms with Crippen molar-refractivity contribution in [3.05, 3.63) is 29.8 Å². The lowest BCUT2D eigenvalue weighted by Gasteiger charge is -2.27. The Hall–Kier alpha value is -1.02. The van der Waals surface area contributed by atoms with Crippen molar-refractivity contribution in [1.29, 1.82) is 0 Å². The molecule has 0 saturated carbocycles. The van der Waals surface area contributed by atoms with Gasteiger partial charge in [-0.05, 0) is 30.5 Å². The van der Waals surface area contributed by atoms with Crippen LogP contribution in [-0.2, 0) is 6.42 Å². The van der Waals surface area contributed by atoms with Gasteiger partial charge in [-0.25, -0.2) is 0 Å². The van der Waals surface area contributed by atoms with Crippen molar-refractivity contribution < 1.29 is 9.84 Å². The van der Waals surface area contributed by atoms with Crippen molar-refractivity contribution in [3.63, 3.8) is 0 Å². The number of ether oxygens (including phenoxy) is 1. The average Bonchev–Trinajstić information content (AvgIpc) is 2.18. The summed E-state index contributed by atoms with van der Waals surface area (Å²) in [4.78, 5) is 0. The molecule has 0 aliphatic carbocycles. The molecule has 1 aromatic carbocycles. The standard InChI is InChI=1S/C13H20O2/c1-10(2)13(3,14)9-11-5-7-12(15-4)8-6-11/h5-8,10,14H,9H2,1-4H3. The van der Waals surface area contributed by atoms with Crippen molar-refractivity contribution >= 4 is 0 Å². The van der Waals surface area contributed by atoms with Crippen LogP contribution >= 0.6 is 0 Å². The smallest absolute Gasteiger partial charge is 0.118 e. The maximum Gasteiger partial charge on any atom is 0.118 e. The van der Waals surface area contributed by atoms with E-state index in [1.165, 1.54) is 0 Å². The maximum atomic E-state index is 10.1. The summed E-state index contributed by atoms with van der Waals surface area (Å²) >= 11 is 0. The molecule has 0 aliphatic rings. The molecule has 0 aromatic heterocycles.